The monoisotopic (exact) mass is 345 g/mol. The van der Waals surface area contributed by atoms with E-state index in [1.165, 1.54) is 11.1 Å². The predicted molar refractivity (Wildman–Crippen MR) is 97.4 cm³/mol. The van der Waals surface area contributed by atoms with Gasteiger partial charge in [-0.1, -0.05) is 29.3 Å². The highest BCUT2D eigenvalue weighted by Crippen LogP contribution is 2.28. The highest BCUT2D eigenvalue weighted by molar-refractivity contribution is 6.35. The Kier molecular flexibility index (Phi) is 4.65. The fraction of sp³-hybridized carbons (Fsp3) is 0.158. The van der Waals surface area contributed by atoms with E-state index in [9.17, 15) is 0 Å². The van der Waals surface area contributed by atoms with E-state index in [4.69, 9.17) is 27.6 Å². The molecule has 0 aliphatic rings. The summed E-state index contributed by atoms with van der Waals surface area (Å²) in [6, 6.07) is 15.6. The van der Waals surface area contributed by atoms with Gasteiger partial charge in [0, 0.05) is 21.3 Å². The normalized spacial score (nSPS) is 10.8. The van der Waals surface area contributed by atoms with Crippen LogP contribution in [0.5, 0.6) is 0 Å². The van der Waals surface area contributed by atoms with E-state index < -0.39 is 0 Å². The second kappa shape index (κ2) is 6.69. The lowest BCUT2D eigenvalue weighted by molar-refractivity contribution is 0.531. The lowest BCUT2D eigenvalue weighted by atomic mass is 10.1. The van der Waals surface area contributed by atoms with Crippen LogP contribution in [0.15, 0.2) is 52.9 Å². The predicted octanol–water partition coefficient (Wildman–Crippen LogP) is 6.48. The highest BCUT2D eigenvalue weighted by atomic mass is 35.5. The Morgan fingerprint density at radius 3 is 2.30 bits per heavy atom. The highest BCUT2D eigenvalue weighted by Gasteiger charge is 2.07. The van der Waals surface area contributed by atoms with Crippen LogP contribution in [0, 0.1) is 13.8 Å². The second-order valence-corrected chi connectivity index (χ2v) is 6.45. The van der Waals surface area contributed by atoms with E-state index in [-0.39, 0.29) is 0 Å². The minimum absolute atomic E-state index is 0.596. The molecule has 0 fully saturated rings. The van der Waals surface area contributed by atoms with Gasteiger partial charge in [-0.05, 0) is 67.4 Å². The first-order valence-electron chi connectivity index (χ1n) is 7.37. The van der Waals surface area contributed by atoms with Gasteiger partial charge in [0.15, 0.2) is 0 Å². The van der Waals surface area contributed by atoms with Crippen LogP contribution >= 0.6 is 23.2 Å². The lowest BCUT2D eigenvalue weighted by Gasteiger charge is -2.07. The number of hydrogen-bond donors (Lipinski definition) is 1. The van der Waals surface area contributed by atoms with Crippen LogP contribution in [0.3, 0.4) is 0 Å². The van der Waals surface area contributed by atoms with Gasteiger partial charge in [-0.25, -0.2) is 0 Å². The van der Waals surface area contributed by atoms with Crippen LogP contribution in [0.1, 0.15) is 16.9 Å². The molecule has 0 saturated carbocycles. The molecule has 0 atom stereocenters. The van der Waals surface area contributed by atoms with E-state index in [1.807, 2.05) is 24.3 Å². The molecule has 3 aromatic rings. The molecular formula is C19H17Cl2NO. The summed E-state index contributed by atoms with van der Waals surface area (Å²) in [5.41, 5.74) is 4.51. The molecule has 23 heavy (non-hydrogen) atoms. The van der Waals surface area contributed by atoms with E-state index in [0.29, 0.717) is 16.6 Å². The van der Waals surface area contributed by atoms with E-state index in [2.05, 4.69) is 37.4 Å². The van der Waals surface area contributed by atoms with E-state index in [0.717, 1.165) is 22.8 Å². The van der Waals surface area contributed by atoms with Crippen LogP contribution < -0.4 is 5.32 Å². The number of benzene rings is 2. The Balaban J connectivity index is 1.73. The number of anilines is 1. The third kappa shape index (κ3) is 3.90. The standard InChI is InChI=1S/C19H17Cl2NO/c1-12-3-4-17(7-13(12)2)22-11-18-5-6-19(23-18)14-8-15(20)10-16(21)9-14/h3-10,22H,11H2,1-2H3. The molecule has 0 saturated heterocycles. The first-order valence-corrected chi connectivity index (χ1v) is 8.13. The molecule has 2 nitrogen and oxygen atoms in total. The molecule has 4 heteroatoms. The lowest BCUT2D eigenvalue weighted by Crippen LogP contribution is -1.98. The van der Waals surface area contributed by atoms with Crippen molar-refractivity contribution >= 4 is 28.9 Å². The summed E-state index contributed by atoms with van der Waals surface area (Å²) in [5.74, 6) is 1.61. The SMILES string of the molecule is Cc1ccc(NCc2ccc(-c3cc(Cl)cc(Cl)c3)o2)cc1C. The maximum Gasteiger partial charge on any atom is 0.134 e. The fourth-order valence-electron chi connectivity index (χ4n) is 2.36. The van der Waals surface area contributed by atoms with Gasteiger partial charge in [0.25, 0.3) is 0 Å². The minimum Gasteiger partial charge on any atom is -0.459 e. The summed E-state index contributed by atoms with van der Waals surface area (Å²) in [7, 11) is 0. The van der Waals surface area contributed by atoms with E-state index in [1.54, 1.807) is 6.07 Å². The van der Waals surface area contributed by atoms with Gasteiger partial charge >= 0.3 is 0 Å². The topological polar surface area (TPSA) is 25.2 Å². The van der Waals surface area contributed by atoms with Crippen LogP contribution in [-0.4, -0.2) is 0 Å². The quantitative estimate of drug-likeness (QED) is 0.585. The molecule has 0 unspecified atom stereocenters. The van der Waals surface area contributed by atoms with Gasteiger partial charge < -0.3 is 9.73 Å². The third-order valence-corrected chi connectivity index (χ3v) is 4.22. The Labute approximate surface area is 146 Å². The Bertz CT molecular complexity index is 819. The maximum atomic E-state index is 6.04. The number of halogens is 2. The van der Waals surface area contributed by atoms with Gasteiger partial charge in [0.1, 0.15) is 11.5 Å². The van der Waals surface area contributed by atoms with Gasteiger partial charge in [-0.15, -0.1) is 0 Å². The van der Waals surface area contributed by atoms with Crippen molar-refractivity contribution in [2.45, 2.75) is 20.4 Å². The summed E-state index contributed by atoms with van der Waals surface area (Å²) in [5, 5.41) is 4.56. The second-order valence-electron chi connectivity index (χ2n) is 5.58. The number of aryl methyl sites for hydroxylation is 2. The molecule has 0 radical (unpaired) electrons. The van der Waals surface area contributed by atoms with Gasteiger partial charge in [-0.2, -0.15) is 0 Å². The van der Waals surface area contributed by atoms with E-state index >= 15 is 0 Å². The number of rotatable bonds is 4. The average molecular weight is 346 g/mol. The van der Waals surface area contributed by atoms with Crippen LogP contribution in [0.2, 0.25) is 10.0 Å². The zero-order valence-corrected chi connectivity index (χ0v) is 14.5. The molecule has 0 spiro atoms. The zero-order valence-electron chi connectivity index (χ0n) is 13.0. The van der Waals surface area contributed by atoms with Crippen molar-refractivity contribution in [3.63, 3.8) is 0 Å². The number of furan rings is 1. The molecule has 0 aliphatic carbocycles. The molecule has 1 aromatic heterocycles. The Morgan fingerprint density at radius 2 is 1.61 bits per heavy atom. The Morgan fingerprint density at radius 1 is 0.870 bits per heavy atom. The number of hydrogen-bond acceptors (Lipinski definition) is 2. The van der Waals surface area contributed by atoms with Crippen LogP contribution in [0.4, 0.5) is 5.69 Å². The third-order valence-electron chi connectivity index (χ3n) is 3.78. The molecule has 3 rings (SSSR count). The fourth-order valence-corrected chi connectivity index (χ4v) is 2.89. The Hall–Kier alpha value is -1.90. The van der Waals surface area contributed by atoms with Gasteiger partial charge in [-0.3, -0.25) is 0 Å². The van der Waals surface area contributed by atoms with Crippen molar-refractivity contribution in [1.29, 1.82) is 0 Å². The van der Waals surface area contributed by atoms with Crippen molar-refractivity contribution in [3.05, 3.63) is 75.5 Å². The van der Waals surface area contributed by atoms with Gasteiger partial charge in [0.05, 0.1) is 6.54 Å². The zero-order chi connectivity index (χ0) is 16.4. The summed E-state index contributed by atoms with van der Waals surface area (Å²) in [4.78, 5) is 0. The summed E-state index contributed by atoms with van der Waals surface area (Å²) in [6.07, 6.45) is 0. The van der Waals surface area contributed by atoms with Gasteiger partial charge in [0.2, 0.25) is 0 Å². The minimum atomic E-state index is 0.596. The number of nitrogens with one attached hydrogen (secondary N) is 1. The maximum absolute atomic E-state index is 6.04. The summed E-state index contributed by atoms with van der Waals surface area (Å²) >= 11 is 12.1. The summed E-state index contributed by atoms with van der Waals surface area (Å²) in [6.45, 7) is 4.83. The molecule has 1 heterocycles. The van der Waals surface area contributed by atoms with Crippen molar-refractivity contribution in [2.24, 2.45) is 0 Å². The van der Waals surface area contributed by atoms with Crippen LogP contribution in [-0.2, 0) is 6.54 Å². The van der Waals surface area contributed by atoms with Crippen molar-refractivity contribution in [3.8, 4) is 11.3 Å². The smallest absolute Gasteiger partial charge is 0.134 e. The average Bonchev–Trinajstić information content (AvgIpc) is 2.96. The first-order chi connectivity index (χ1) is 11.0. The molecule has 1 N–H and O–H groups in total. The molecule has 0 amide bonds. The van der Waals surface area contributed by atoms with Crippen molar-refractivity contribution in [2.75, 3.05) is 5.32 Å². The molecular weight excluding hydrogens is 329 g/mol. The largest absolute Gasteiger partial charge is 0.459 e. The molecule has 0 aliphatic heterocycles. The van der Waals surface area contributed by atoms with Crippen molar-refractivity contribution < 1.29 is 4.42 Å². The first kappa shape index (κ1) is 16.0. The molecule has 118 valence electrons. The summed E-state index contributed by atoms with van der Waals surface area (Å²) < 4.78 is 5.88. The molecule has 2 aromatic carbocycles. The van der Waals surface area contributed by atoms with Crippen LogP contribution in [0.25, 0.3) is 11.3 Å². The van der Waals surface area contributed by atoms with Crippen molar-refractivity contribution in [1.82, 2.24) is 0 Å². The molecule has 0 bridgehead atoms.